The Hall–Kier alpha value is -3.13. The van der Waals surface area contributed by atoms with Gasteiger partial charge in [0.2, 0.25) is 5.91 Å². The van der Waals surface area contributed by atoms with Gasteiger partial charge in [0.1, 0.15) is 5.75 Å². The van der Waals surface area contributed by atoms with E-state index in [0.29, 0.717) is 16.5 Å². The lowest BCUT2D eigenvalue weighted by molar-refractivity contribution is -0.120. The summed E-state index contributed by atoms with van der Waals surface area (Å²) in [5, 5.41) is 11.7. The van der Waals surface area contributed by atoms with Crippen LogP contribution in [0, 0.1) is 0 Å². The van der Waals surface area contributed by atoms with E-state index in [0.717, 1.165) is 11.3 Å². The van der Waals surface area contributed by atoms with E-state index in [1.165, 1.54) is 11.8 Å². The van der Waals surface area contributed by atoms with Gasteiger partial charge in [-0.15, -0.1) is 10.2 Å². The third kappa shape index (κ3) is 5.68. The predicted octanol–water partition coefficient (Wildman–Crippen LogP) is 2.66. The zero-order chi connectivity index (χ0) is 20.6. The first-order valence-electron chi connectivity index (χ1n) is 9.05. The van der Waals surface area contributed by atoms with Crippen LogP contribution in [0.4, 0.5) is 0 Å². The van der Waals surface area contributed by atoms with Crippen LogP contribution in [0.25, 0.3) is 0 Å². The quantitative estimate of drug-likeness (QED) is 0.431. The zero-order valence-electron chi connectivity index (χ0n) is 16.3. The maximum Gasteiger partial charge on any atom is 0.224 e. The molecule has 29 heavy (non-hydrogen) atoms. The van der Waals surface area contributed by atoms with Gasteiger partial charge in [0.25, 0.3) is 0 Å². The van der Waals surface area contributed by atoms with Crippen LogP contribution >= 0.6 is 11.8 Å². The molecule has 0 bridgehead atoms. The van der Waals surface area contributed by atoms with Crippen molar-refractivity contribution in [1.82, 2.24) is 20.1 Å². The van der Waals surface area contributed by atoms with E-state index in [4.69, 9.17) is 4.74 Å². The Labute approximate surface area is 173 Å². The first-order chi connectivity index (χ1) is 14.1. The fourth-order valence-electron chi connectivity index (χ4n) is 2.63. The van der Waals surface area contributed by atoms with Crippen molar-refractivity contribution in [3.05, 3.63) is 71.5 Å². The summed E-state index contributed by atoms with van der Waals surface area (Å²) in [5.74, 6) is 1.59. The summed E-state index contributed by atoms with van der Waals surface area (Å²) >= 11 is 1.33. The summed E-state index contributed by atoms with van der Waals surface area (Å²) in [6, 6.07) is 16.5. The van der Waals surface area contributed by atoms with Crippen LogP contribution in [0.2, 0.25) is 0 Å². The molecule has 0 saturated carbocycles. The number of methoxy groups -OCH3 is 1. The Morgan fingerprint density at radius 1 is 1.07 bits per heavy atom. The number of amides is 1. The van der Waals surface area contributed by atoms with Crippen molar-refractivity contribution >= 4 is 23.5 Å². The van der Waals surface area contributed by atoms with Crippen LogP contribution in [0.1, 0.15) is 21.7 Å². The highest BCUT2D eigenvalue weighted by molar-refractivity contribution is 7.99. The number of ether oxygens (including phenoxy) is 1. The molecule has 7 nitrogen and oxygen atoms in total. The van der Waals surface area contributed by atoms with Crippen LogP contribution < -0.4 is 10.1 Å². The second kappa shape index (κ2) is 9.88. The maximum atomic E-state index is 12.2. The van der Waals surface area contributed by atoms with E-state index in [-0.39, 0.29) is 30.4 Å². The van der Waals surface area contributed by atoms with Crippen LogP contribution in [-0.2, 0) is 24.8 Å². The van der Waals surface area contributed by atoms with Crippen molar-refractivity contribution < 1.29 is 14.3 Å². The predicted molar refractivity (Wildman–Crippen MR) is 111 cm³/mol. The van der Waals surface area contributed by atoms with Crippen molar-refractivity contribution in [2.45, 2.75) is 18.1 Å². The fraction of sp³-hybridized carbons (Fsp3) is 0.238. The van der Waals surface area contributed by atoms with Gasteiger partial charge in [-0.3, -0.25) is 9.59 Å². The molecule has 8 heteroatoms. The van der Waals surface area contributed by atoms with Gasteiger partial charge in [0.05, 0.1) is 25.8 Å². The summed E-state index contributed by atoms with van der Waals surface area (Å²) in [6.07, 6.45) is 0.273. The Balaban J connectivity index is 1.49. The molecule has 1 N–H and O–H groups in total. The van der Waals surface area contributed by atoms with Crippen molar-refractivity contribution in [3.8, 4) is 5.75 Å². The molecule has 0 radical (unpaired) electrons. The Morgan fingerprint density at radius 3 is 2.48 bits per heavy atom. The molecule has 3 rings (SSSR count). The number of ketones is 1. The summed E-state index contributed by atoms with van der Waals surface area (Å²) < 4.78 is 6.90. The Kier molecular flexibility index (Phi) is 7.02. The average Bonchev–Trinajstić information content (AvgIpc) is 3.11. The number of aromatic nitrogens is 3. The van der Waals surface area contributed by atoms with Gasteiger partial charge in [-0.2, -0.15) is 0 Å². The highest BCUT2D eigenvalue weighted by Crippen LogP contribution is 2.17. The number of thioether (sulfide) groups is 1. The van der Waals surface area contributed by atoms with Crippen LogP contribution in [0.3, 0.4) is 0 Å². The van der Waals surface area contributed by atoms with E-state index >= 15 is 0 Å². The van der Waals surface area contributed by atoms with E-state index in [1.807, 2.05) is 49.5 Å². The second-order valence-corrected chi connectivity index (χ2v) is 7.28. The molecule has 0 aliphatic rings. The largest absolute Gasteiger partial charge is 0.497 e. The lowest BCUT2D eigenvalue weighted by atomic mass is 10.1. The van der Waals surface area contributed by atoms with Crippen LogP contribution in [0.5, 0.6) is 5.75 Å². The number of nitrogens with zero attached hydrogens (tertiary/aromatic N) is 3. The highest BCUT2D eigenvalue weighted by atomic mass is 32.2. The van der Waals surface area contributed by atoms with Crippen molar-refractivity contribution in [2.75, 3.05) is 12.9 Å². The lowest BCUT2D eigenvalue weighted by Gasteiger charge is -2.07. The monoisotopic (exact) mass is 410 g/mol. The number of Topliss-reactive ketones (excluding diaryl/α,β-unsaturated/α-hetero) is 1. The molecule has 0 aliphatic heterocycles. The van der Waals surface area contributed by atoms with E-state index in [9.17, 15) is 9.59 Å². The summed E-state index contributed by atoms with van der Waals surface area (Å²) in [4.78, 5) is 24.4. The molecule has 0 atom stereocenters. The third-order valence-electron chi connectivity index (χ3n) is 4.32. The van der Waals surface area contributed by atoms with Crippen molar-refractivity contribution in [1.29, 1.82) is 0 Å². The third-order valence-corrected chi connectivity index (χ3v) is 5.34. The van der Waals surface area contributed by atoms with E-state index in [2.05, 4.69) is 15.5 Å². The normalized spacial score (nSPS) is 10.6. The van der Waals surface area contributed by atoms with Gasteiger partial charge in [0, 0.05) is 12.6 Å². The molecule has 0 fully saturated rings. The van der Waals surface area contributed by atoms with Gasteiger partial charge in [-0.25, -0.2) is 0 Å². The first-order valence-corrected chi connectivity index (χ1v) is 10.0. The molecule has 2 aromatic carbocycles. The van der Waals surface area contributed by atoms with Gasteiger partial charge in [0.15, 0.2) is 16.8 Å². The SMILES string of the molecule is COc1ccc(CC(=O)NCc2nnc(SCC(=O)c3ccccc3)n2C)cc1. The number of hydrogen-bond acceptors (Lipinski definition) is 6. The minimum Gasteiger partial charge on any atom is -0.497 e. The van der Waals surface area contributed by atoms with Gasteiger partial charge >= 0.3 is 0 Å². The number of carbonyl (C=O) groups is 2. The molecule has 1 amide bonds. The van der Waals surface area contributed by atoms with E-state index < -0.39 is 0 Å². The number of hydrogen-bond donors (Lipinski definition) is 1. The molecule has 1 aromatic heterocycles. The Morgan fingerprint density at radius 2 is 1.79 bits per heavy atom. The van der Waals surface area contributed by atoms with E-state index in [1.54, 1.807) is 23.8 Å². The van der Waals surface area contributed by atoms with Gasteiger partial charge < -0.3 is 14.6 Å². The second-order valence-electron chi connectivity index (χ2n) is 6.34. The summed E-state index contributed by atoms with van der Waals surface area (Å²) in [7, 11) is 3.42. The smallest absolute Gasteiger partial charge is 0.224 e. The summed E-state index contributed by atoms with van der Waals surface area (Å²) in [5.41, 5.74) is 1.57. The average molecular weight is 410 g/mol. The number of rotatable bonds is 9. The topological polar surface area (TPSA) is 86.1 Å². The van der Waals surface area contributed by atoms with Gasteiger partial charge in [-0.1, -0.05) is 54.2 Å². The standard InChI is InChI=1S/C21H22N4O3S/c1-25-19(13-22-20(27)12-15-8-10-17(28-2)11-9-15)23-24-21(25)29-14-18(26)16-6-4-3-5-7-16/h3-11H,12-14H2,1-2H3,(H,22,27). The number of nitrogens with one attached hydrogen (secondary N) is 1. The molecule has 0 aliphatic carbocycles. The minimum atomic E-state index is -0.105. The molecule has 0 saturated heterocycles. The number of carbonyl (C=O) groups excluding carboxylic acids is 2. The fourth-order valence-corrected chi connectivity index (χ4v) is 3.46. The van der Waals surface area contributed by atoms with Crippen LogP contribution in [-0.4, -0.2) is 39.3 Å². The Bertz CT molecular complexity index is 971. The first kappa shape index (κ1) is 20.6. The van der Waals surface area contributed by atoms with Crippen molar-refractivity contribution in [3.63, 3.8) is 0 Å². The van der Waals surface area contributed by atoms with Gasteiger partial charge in [-0.05, 0) is 17.7 Å². The molecule has 0 spiro atoms. The summed E-state index contributed by atoms with van der Waals surface area (Å²) in [6.45, 7) is 0.270. The molecule has 150 valence electrons. The highest BCUT2D eigenvalue weighted by Gasteiger charge is 2.13. The molecular weight excluding hydrogens is 388 g/mol. The molecule has 3 aromatic rings. The molecule has 0 unspecified atom stereocenters. The number of benzene rings is 2. The maximum absolute atomic E-state index is 12.2. The molecular formula is C21H22N4O3S. The molecule has 1 heterocycles. The van der Waals surface area contributed by atoms with Crippen LogP contribution in [0.15, 0.2) is 59.8 Å². The lowest BCUT2D eigenvalue weighted by Crippen LogP contribution is -2.26. The minimum absolute atomic E-state index is 0.0351. The zero-order valence-corrected chi connectivity index (χ0v) is 17.1. The van der Waals surface area contributed by atoms with Crippen molar-refractivity contribution in [2.24, 2.45) is 7.05 Å².